The van der Waals surface area contributed by atoms with Crippen LogP contribution in [0.3, 0.4) is 0 Å². The molecule has 1 unspecified atom stereocenters. The van der Waals surface area contributed by atoms with Crippen LogP contribution in [0.4, 0.5) is 0 Å². The summed E-state index contributed by atoms with van der Waals surface area (Å²) in [5, 5.41) is 0.746. The average molecular weight is 303 g/mol. The molecular formula is C18H23ClN2. The van der Waals surface area contributed by atoms with E-state index in [0.717, 1.165) is 30.1 Å². The summed E-state index contributed by atoms with van der Waals surface area (Å²) in [5.74, 6) is 0. The molecule has 0 saturated heterocycles. The topological polar surface area (TPSA) is 29.3 Å². The Balaban J connectivity index is 1.83. The Kier molecular flexibility index (Phi) is 5.80. The van der Waals surface area contributed by atoms with Crippen molar-refractivity contribution in [3.05, 3.63) is 70.2 Å². The molecule has 3 heteroatoms. The van der Waals surface area contributed by atoms with Gasteiger partial charge in [-0.05, 0) is 50.2 Å². The van der Waals surface area contributed by atoms with Crippen LogP contribution in [0.25, 0.3) is 0 Å². The molecular weight excluding hydrogens is 280 g/mol. The zero-order chi connectivity index (χ0) is 15.2. The van der Waals surface area contributed by atoms with E-state index in [0.29, 0.717) is 0 Å². The first-order valence-electron chi connectivity index (χ1n) is 7.30. The van der Waals surface area contributed by atoms with E-state index >= 15 is 0 Å². The summed E-state index contributed by atoms with van der Waals surface area (Å²) in [5.41, 5.74) is 9.97. The second-order valence-corrected chi connectivity index (χ2v) is 6.11. The molecule has 0 amide bonds. The lowest BCUT2D eigenvalue weighted by Crippen LogP contribution is -2.23. The lowest BCUT2D eigenvalue weighted by atomic mass is 10.0. The highest BCUT2D eigenvalue weighted by Crippen LogP contribution is 2.19. The van der Waals surface area contributed by atoms with Crippen molar-refractivity contribution in [2.75, 3.05) is 13.6 Å². The maximum atomic E-state index is 6.24. The number of rotatable bonds is 6. The van der Waals surface area contributed by atoms with Crippen molar-refractivity contribution in [3.63, 3.8) is 0 Å². The van der Waals surface area contributed by atoms with Crippen molar-refractivity contribution in [1.29, 1.82) is 0 Å². The Hall–Kier alpha value is -1.35. The molecule has 0 aromatic heterocycles. The van der Waals surface area contributed by atoms with Crippen molar-refractivity contribution in [2.24, 2.45) is 5.73 Å². The molecule has 1 atom stereocenters. The third kappa shape index (κ3) is 5.16. The lowest BCUT2D eigenvalue weighted by molar-refractivity contribution is 0.311. The number of nitrogens with two attached hydrogens (primary N) is 1. The highest BCUT2D eigenvalue weighted by atomic mass is 35.5. The van der Waals surface area contributed by atoms with E-state index in [2.05, 4.69) is 43.1 Å². The number of halogens is 1. The summed E-state index contributed by atoms with van der Waals surface area (Å²) >= 11 is 6.01. The molecule has 0 spiro atoms. The number of aryl methyl sites for hydroxylation is 1. The van der Waals surface area contributed by atoms with Gasteiger partial charge in [-0.15, -0.1) is 0 Å². The van der Waals surface area contributed by atoms with Crippen LogP contribution in [0, 0.1) is 6.92 Å². The molecule has 2 aromatic rings. The highest BCUT2D eigenvalue weighted by molar-refractivity contribution is 6.30. The molecule has 0 bridgehead atoms. The molecule has 0 aliphatic carbocycles. The van der Waals surface area contributed by atoms with Gasteiger partial charge in [-0.1, -0.05) is 53.6 Å². The number of nitrogens with zero attached hydrogens (tertiary/aromatic N) is 1. The fourth-order valence-corrected chi connectivity index (χ4v) is 2.55. The van der Waals surface area contributed by atoms with E-state index < -0.39 is 0 Å². The summed E-state index contributed by atoms with van der Waals surface area (Å²) in [4.78, 5) is 2.30. The number of hydrogen-bond acceptors (Lipinski definition) is 2. The zero-order valence-electron chi connectivity index (χ0n) is 12.7. The van der Waals surface area contributed by atoms with E-state index in [1.54, 1.807) is 0 Å². The van der Waals surface area contributed by atoms with Gasteiger partial charge in [0.2, 0.25) is 0 Å². The predicted octanol–water partition coefficient (Wildman–Crippen LogP) is 4.17. The minimum Gasteiger partial charge on any atom is -0.324 e. The van der Waals surface area contributed by atoms with Crippen LogP contribution in [0.15, 0.2) is 48.5 Å². The van der Waals surface area contributed by atoms with Gasteiger partial charge in [0.1, 0.15) is 0 Å². The third-order valence-corrected chi connectivity index (χ3v) is 3.91. The quantitative estimate of drug-likeness (QED) is 0.868. The molecule has 0 heterocycles. The van der Waals surface area contributed by atoms with Gasteiger partial charge in [0.15, 0.2) is 0 Å². The number of benzene rings is 2. The molecule has 112 valence electrons. The van der Waals surface area contributed by atoms with E-state index in [1.807, 2.05) is 24.3 Å². The van der Waals surface area contributed by atoms with Crippen LogP contribution in [0.2, 0.25) is 5.02 Å². The molecule has 2 rings (SSSR count). The first kappa shape index (κ1) is 16.0. The molecule has 2 nitrogen and oxygen atoms in total. The Morgan fingerprint density at radius 2 is 1.86 bits per heavy atom. The molecule has 2 aromatic carbocycles. The monoisotopic (exact) mass is 302 g/mol. The van der Waals surface area contributed by atoms with Crippen molar-refractivity contribution in [2.45, 2.75) is 25.9 Å². The second kappa shape index (κ2) is 7.60. The van der Waals surface area contributed by atoms with Gasteiger partial charge >= 0.3 is 0 Å². The first-order valence-corrected chi connectivity index (χ1v) is 7.67. The largest absolute Gasteiger partial charge is 0.324 e. The second-order valence-electron chi connectivity index (χ2n) is 5.67. The van der Waals surface area contributed by atoms with E-state index in [9.17, 15) is 0 Å². The Bertz CT molecular complexity index is 566. The fraction of sp³-hybridized carbons (Fsp3) is 0.333. The smallest absolute Gasteiger partial charge is 0.0409 e. The van der Waals surface area contributed by atoms with Crippen molar-refractivity contribution < 1.29 is 0 Å². The molecule has 2 N–H and O–H groups in total. The summed E-state index contributed by atoms with van der Waals surface area (Å²) in [6.07, 6.45) is 0.919. The maximum Gasteiger partial charge on any atom is 0.0409 e. The van der Waals surface area contributed by atoms with Crippen LogP contribution in [0.1, 0.15) is 29.2 Å². The van der Waals surface area contributed by atoms with Crippen LogP contribution < -0.4 is 5.73 Å². The third-order valence-electron chi connectivity index (χ3n) is 3.67. The van der Waals surface area contributed by atoms with Gasteiger partial charge in [0.05, 0.1) is 0 Å². The molecule has 0 fully saturated rings. The minimum absolute atomic E-state index is 0.0316. The summed E-state index contributed by atoms with van der Waals surface area (Å²) in [6.45, 7) is 4.02. The van der Waals surface area contributed by atoms with Crippen LogP contribution in [0.5, 0.6) is 0 Å². The van der Waals surface area contributed by atoms with Gasteiger partial charge in [0.25, 0.3) is 0 Å². The van der Waals surface area contributed by atoms with Crippen molar-refractivity contribution in [1.82, 2.24) is 4.90 Å². The minimum atomic E-state index is 0.0316. The lowest BCUT2D eigenvalue weighted by Gasteiger charge is -2.20. The molecule has 0 aliphatic rings. The van der Waals surface area contributed by atoms with Crippen molar-refractivity contribution in [3.8, 4) is 0 Å². The van der Waals surface area contributed by atoms with Gasteiger partial charge < -0.3 is 10.6 Å². The SMILES string of the molecule is Cc1ccc(CN(C)CCC(N)c2cccc(Cl)c2)cc1. The molecule has 0 saturated carbocycles. The fourth-order valence-electron chi connectivity index (χ4n) is 2.35. The molecule has 0 radical (unpaired) electrons. The molecule has 21 heavy (non-hydrogen) atoms. The highest BCUT2D eigenvalue weighted by Gasteiger charge is 2.08. The predicted molar refractivity (Wildman–Crippen MR) is 90.5 cm³/mol. The van der Waals surface area contributed by atoms with Gasteiger partial charge in [-0.25, -0.2) is 0 Å². The van der Waals surface area contributed by atoms with E-state index in [4.69, 9.17) is 17.3 Å². The summed E-state index contributed by atoms with van der Waals surface area (Å²) in [7, 11) is 2.13. The number of hydrogen-bond donors (Lipinski definition) is 1. The van der Waals surface area contributed by atoms with E-state index in [-0.39, 0.29) is 6.04 Å². The van der Waals surface area contributed by atoms with Crippen LogP contribution in [-0.2, 0) is 6.54 Å². The summed E-state index contributed by atoms with van der Waals surface area (Å²) < 4.78 is 0. The van der Waals surface area contributed by atoms with Gasteiger partial charge in [0, 0.05) is 17.6 Å². The van der Waals surface area contributed by atoms with Crippen molar-refractivity contribution >= 4 is 11.6 Å². The Labute approximate surface area is 132 Å². The maximum absolute atomic E-state index is 6.24. The summed E-state index contributed by atoms with van der Waals surface area (Å²) in [6, 6.07) is 16.5. The van der Waals surface area contributed by atoms with Crippen LogP contribution in [-0.4, -0.2) is 18.5 Å². The van der Waals surface area contributed by atoms with Gasteiger partial charge in [-0.2, -0.15) is 0 Å². The van der Waals surface area contributed by atoms with Crippen LogP contribution >= 0.6 is 11.6 Å². The Morgan fingerprint density at radius 3 is 2.52 bits per heavy atom. The zero-order valence-corrected chi connectivity index (χ0v) is 13.5. The van der Waals surface area contributed by atoms with E-state index in [1.165, 1.54) is 11.1 Å². The normalized spacial score (nSPS) is 12.6. The van der Waals surface area contributed by atoms with Gasteiger partial charge in [-0.3, -0.25) is 0 Å². The Morgan fingerprint density at radius 1 is 1.14 bits per heavy atom. The standard InChI is InChI=1S/C18H23ClN2/c1-14-6-8-15(9-7-14)13-21(2)11-10-18(20)16-4-3-5-17(19)12-16/h3-9,12,18H,10-11,13,20H2,1-2H3. The first-order chi connectivity index (χ1) is 10.0. The average Bonchev–Trinajstić information content (AvgIpc) is 2.47. The molecule has 0 aliphatic heterocycles.